The van der Waals surface area contributed by atoms with Crippen LogP contribution in [0.1, 0.15) is 43.0 Å². The van der Waals surface area contributed by atoms with Gasteiger partial charge in [0, 0.05) is 42.7 Å². The van der Waals surface area contributed by atoms with Gasteiger partial charge in [0.1, 0.15) is 5.82 Å². The van der Waals surface area contributed by atoms with Crippen LogP contribution < -0.4 is 10.2 Å². The molecule has 0 amide bonds. The number of aryl methyl sites for hydroxylation is 2. The fraction of sp³-hybridized carbons (Fsp3) is 0.706. The Morgan fingerprint density at radius 2 is 2.14 bits per heavy atom. The maximum absolute atomic E-state index is 4.86. The van der Waals surface area contributed by atoms with Crippen LogP contribution in [0.25, 0.3) is 0 Å². The van der Waals surface area contributed by atoms with E-state index < -0.39 is 0 Å². The molecule has 0 aliphatic heterocycles. The van der Waals surface area contributed by atoms with Gasteiger partial charge in [0.2, 0.25) is 0 Å². The quantitative estimate of drug-likeness (QED) is 0.795. The van der Waals surface area contributed by atoms with Crippen molar-refractivity contribution in [2.75, 3.05) is 24.0 Å². The van der Waals surface area contributed by atoms with E-state index in [1.165, 1.54) is 29.8 Å². The minimum absolute atomic E-state index is 0.549. The summed E-state index contributed by atoms with van der Waals surface area (Å²) >= 11 is 1.91. The summed E-state index contributed by atoms with van der Waals surface area (Å²) in [5, 5.41) is 3.65. The number of hydrogen-bond donors (Lipinski definition) is 1. The molecule has 0 radical (unpaired) electrons. The van der Waals surface area contributed by atoms with E-state index in [9.17, 15) is 0 Å². The molecule has 2 rings (SSSR count). The Bertz CT molecular complexity index is 471. The molecule has 1 N–H and O–H groups in total. The average molecular weight is 308 g/mol. The van der Waals surface area contributed by atoms with Gasteiger partial charge in [-0.3, -0.25) is 0 Å². The van der Waals surface area contributed by atoms with Crippen LogP contribution >= 0.6 is 11.8 Å². The summed E-state index contributed by atoms with van der Waals surface area (Å²) in [6.45, 7) is 7.52. The number of rotatable bonds is 8. The van der Waals surface area contributed by atoms with Crippen molar-refractivity contribution >= 4 is 17.6 Å². The Morgan fingerprint density at radius 3 is 2.71 bits per heavy atom. The lowest BCUT2D eigenvalue weighted by Gasteiger charge is -2.30. The third kappa shape index (κ3) is 4.36. The molecule has 1 aliphatic carbocycles. The second kappa shape index (κ2) is 7.50. The molecule has 1 aromatic rings. The third-order valence-electron chi connectivity index (χ3n) is 4.31. The van der Waals surface area contributed by atoms with Crippen molar-refractivity contribution in [1.29, 1.82) is 0 Å². The molecule has 0 aromatic carbocycles. The lowest BCUT2D eigenvalue weighted by molar-refractivity contribution is 0.645. The minimum Gasteiger partial charge on any atom is -0.356 e. The smallest absolute Gasteiger partial charge is 0.133 e. The van der Waals surface area contributed by atoms with E-state index in [1.54, 1.807) is 0 Å². The van der Waals surface area contributed by atoms with Crippen LogP contribution in [0.3, 0.4) is 0 Å². The van der Waals surface area contributed by atoms with Gasteiger partial charge >= 0.3 is 0 Å². The first kappa shape index (κ1) is 16.6. The normalized spacial score (nSPS) is 16.0. The van der Waals surface area contributed by atoms with Crippen molar-refractivity contribution in [2.24, 2.45) is 0 Å². The molecule has 1 fully saturated rings. The summed E-state index contributed by atoms with van der Waals surface area (Å²) in [7, 11) is 2.20. The minimum atomic E-state index is 0.549. The highest BCUT2D eigenvalue weighted by atomic mass is 32.2. The highest BCUT2D eigenvalue weighted by molar-refractivity contribution is 7.98. The maximum atomic E-state index is 4.86. The molecular formula is C17H29N3S. The summed E-state index contributed by atoms with van der Waals surface area (Å²) in [5.41, 5.74) is 3.84. The van der Waals surface area contributed by atoms with Gasteiger partial charge in [-0.05, 0) is 51.0 Å². The van der Waals surface area contributed by atoms with Gasteiger partial charge in [0.05, 0.1) is 0 Å². The highest BCUT2D eigenvalue weighted by Gasteiger charge is 2.23. The Labute approximate surface area is 133 Å². The lowest BCUT2D eigenvalue weighted by Crippen LogP contribution is -2.35. The lowest BCUT2D eigenvalue weighted by atomic mass is 10.1. The van der Waals surface area contributed by atoms with Gasteiger partial charge in [-0.25, -0.2) is 4.98 Å². The van der Waals surface area contributed by atoms with Gasteiger partial charge in [0.25, 0.3) is 0 Å². The maximum Gasteiger partial charge on any atom is 0.133 e. The Kier molecular flexibility index (Phi) is 5.94. The van der Waals surface area contributed by atoms with Gasteiger partial charge < -0.3 is 10.2 Å². The van der Waals surface area contributed by atoms with Gasteiger partial charge in [-0.15, -0.1) is 0 Å². The van der Waals surface area contributed by atoms with Gasteiger partial charge in [-0.1, -0.05) is 6.92 Å². The molecule has 1 atom stereocenters. The van der Waals surface area contributed by atoms with Crippen molar-refractivity contribution < 1.29 is 0 Å². The monoisotopic (exact) mass is 307 g/mol. The second-order valence-corrected chi connectivity index (χ2v) is 7.08. The summed E-state index contributed by atoms with van der Waals surface area (Å²) in [6, 6.07) is 3.49. The van der Waals surface area contributed by atoms with Gasteiger partial charge in [0.15, 0.2) is 0 Å². The predicted molar refractivity (Wildman–Crippen MR) is 94.4 cm³/mol. The number of thioether (sulfide) groups is 1. The van der Waals surface area contributed by atoms with Gasteiger partial charge in [-0.2, -0.15) is 11.8 Å². The molecule has 3 nitrogen and oxygen atoms in total. The van der Waals surface area contributed by atoms with E-state index in [0.717, 1.165) is 30.5 Å². The standard InChI is InChI=1S/C17H29N3S/c1-6-15(11-21-5)20(4)17-16(10-18-14-7-8-14)12(2)9-13(3)19-17/h9,14-15,18H,6-8,10-11H2,1-5H3. The highest BCUT2D eigenvalue weighted by Crippen LogP contribution is 2.27. The Balaban J connectivity index is 2.25. The number of pyridine rings is 1. The molecule has 1 aliphatic rings. The van der Waals surface area contributed by atoms with Crippen molar-refractivity contribution in [1.82, 2.24) is 10.3 Å². The SMILES string of the molecule is CCC(CSC)N(C)c1nc(C)cc(C)c1CNC1CC1. The van der Waals surface area contributed by atoms with Crippen LogP contribution in [0.4, 0.5) is 5.82 Å². The molecule has 4 heteroatoms. The summed E-state index contributed by atoms with van der Waals surface area (Å²) < 4.78 is 0. The Hall–Kier alpha value is -0.740. The molecule has 0 bridgehead atoms. The largest absolute Gasteiger partial charge is 0.356 e. The van der Waals surface area contributed by atoms with Crippen LogP contribution in [0.2, 0.25) is 0 Å². The van der Waals surface area contributed by atoms with Crippen molar-refractivity contribution in [3.05, 3.63) is 22.9 Å². The van der Waals surface area contributed by atoms with Crippen LogP contribution in [0.15, 0.2) is 6.07 Å². The zero-order chi connectivity index (χ0) is 15.4. The summed E-state index contributed by atoms with van der Waals surface area (Å²) in [4.78, 5) is 7.25. The molecule has 0 spiro atoms. The first-order valence-electron chi connectivity index (χ1n) is 7.99. The zero-order valence-electron chi connectivity index (χ0n) is 14.1. The number of hydrogen-bond acceptors (Lipinski definition) is 4. The van der Waals surface area contributed by atoms with Crippen LogP contribution in [-0.2, 0) is 6.54 Å². The van der Waals surface area contributed by atoms with Crippen LogP contribution in [0.5, 0.6) is 0 Å². The molecule has 21 heavy (non-hydrogen) atoms. The molecule has 1 unspecified atom stereocenters. The van der Waals surface area contributed by atoms with Crippen molar-refractivity contribution in [3.8, 4) is 0 Å². The molecule has 1 aromatic heterocycles. The van der Waals surface area contributed by atoms with E-state index >= 15 is 0 Å². The molecule has 1 heterocycles. The zero-order valence-corrected chi connectivity index (χ0v) is 14.9. The average Bonchev–Trinajstić information content (AvgIpc) is 3.26. The van der Waals surface area contributed by atoms with E-state index in [2.05, 4.69) is 50.4 Å². The second-order valence-electron chi connectivity index (χ2n) is 6.17. The fourth-order valence-electron chi connectivity index (χ4n) is 2.76. The number of nitrogens with one attached hydrogen (secondary N) is 1. The van der Waals surface area contributed by atoms with E-state index in [-0.39, 0.29) is 0 Å². The number of nitrogens with zero attached hydrogens (tertiary/aromatic N) is 2. The van der Waals surface area contributed by atoms with Crippen molar-refractivity contribution in [2.45, 2.75) is 58.7 Å². The molecular weight excluding hydrogens is 278 g/mol. The van der Waals surface area contributed by atoms with E-state index in [1.807, 2.05) is 11.8 Å². The van der Waals surface area contributed by atoms with Crippen molar-refractivity contribution in [3.63, 3.8) is 0 Å². The topological polar surface area (TPSA) is 28.2 Å². The molecule has 118 valence electrons. The Morgan fingerprint density at radius 1 is 1.43 bits per heavy atom. The third-order valence-corrected chi connectivity index (χ3v) is 5.03. The number of aromatic nitrogens is 1. The fourth-order valence-corrected chi connectivity index (χ4v) is 3.60. The van der Waals surface area contributed by atoms with E-state index in [0.29, 0.717) is 6.04 Å². The first-order valence-corrected chi connectivity index (χ1v) is 9.38. The van der Waals surface area contributed by atoms with Crippen LogP contribution in [0, 0.1) is 13.8 Å². The first-order chi connectivity index (χ1) is 10.1. The molecule has 0 saturated heterocycles. The van der Waals surface area contributed by atoms with E-state index in [4.69, 9.17) is 4.98 Å². The molecule has 1 saturated carbocycles. The summed E-state index contributed by atoms with van der Waals surface area (Å²) in [6.07, 6.45) is 5.99. The number of anilines is 1. The van der Waals surface area contributed by atoms with Crippen LogP contribution in [-0.4, -0.2) is 36.1 Å². The predicted octanol–water partition coefficient (Wildman–Crippen LogP) is 3.53. The summed E-state index contributed by atoms with van der Waals surface area (Å²) in [5.74, 6) is 2.32.